The van der Waals surface area contributed by atoms with Gasteiger partial charge in [0.2, 0.25) is 0 Å². The van der Waals surface area contributed by atoms with Crippen LogP contribution in [0, 0.1) is 13.8 Å². The van der Waals surface area contributed by atoms with Crippen molar-refractivity contribution in [2.75, 3.05) is 5.32 Å². The van der Waals surface area contributed by atoms with Gasteiger partial charge in [0, 0.05) is 33.9 Å². The molecule has 2 heterocycles. The van der Waals surface area contributed by atoms with Crippen LogP contribution in [0.5, 0.6) is 0 Å². The average molecular weight is 398 g/mol. The number of carbonyl (C=O) groups is 1. The summed E-state index contributed by atoms with van der Waals surface area (Å²) in [5.74, 6) is -0.954. The molecule has 0 saturated heterocycles. The predicted molar refractivity (Wildman–Crippen MR) is 118 cm³/mol. The Bertz CT molecular complexity index is 1240. The fourth-order valence-electron chi connectivity index (χ4n) is 3.75. The van der Waals surface area contributed by atoms with Gasteiger partial charge < -0.3 is 10.4 Å². The lowest BCUT2D eigenvalue weighted by Gasteiger charge is -2.20. The van der Waals surface area contributed by atoms with Crippen molar-refractivity contribution >= 4 is 22.6 Å². The highest BCUT2D eigenvalue weighted by Gasteiger charge is 2.17. The predicted octanol–water partition coefficient (Wildman–Crippen LogP) is 5.18. The third-order valence-electron chi connectivity index (χ3n) is 5.19. The number of aromatic carboxylic acids is 1. The summed E-state index contributed by atoms with van der Waals surface area (Å²) < 4.78 is 0. The number of rotatable bonds is 5. The van der Waals surface area contributed by atoms with Crippen molar-refractivity contribution in [3.8, 4) is 11.1 Å². The Balaban J connectivity index is 1.83. The zero-order valence-corrected chi connectivity index (χ0v) is 17.0. The summed E-state index contributed by atoms with van der Waals surface area (Å²) in [6.45, 7) is 6.06. The number of benzene rings is 2. The van der Waals surface area contributed by atoms with E-state index < -0.39 is 5.97 Å². The summed E-state index contributed by atoms with van der Waals surface area (Å²) in [4.78, 5) is 16.4. The van der Waals surface area contributed by atoms with Gasteiger partial charge in [-0.3, -0.25) is 4.98 Å². The highest BCUT2D eigenvalue weighted by atomic mass is 16.4. The number of aromatic nitrogens is 3. The number of carboxylic acids is 1. The van der Waals surface area contributed by atoms with E-state index in [2.05, 4.69) is 33.7 Å². The van der Waals surface area contributed by atoms with Crippen molar-refractivity contribution < 1.29 is 9.90 Å². The van der Waals surface area contributed by atoms with Gasteiger partial charge in [0.15, 0.2) is 0 Å². The van der Waals surface area contributed by atoms with E-state index in [4.69, 9.17) is 4.98 Å². The highest BCUT2D eigenvalue weighted by molar-refractivity contribution is 5.94. The Labute approximate surface area is 174 Å². The van der Waals surface area contributed by atoms with Gasteiger partial charge in [-0.2, -0.15) is 10.2 Å². The number of hydrogen-bond donors (Lipinski definition) is 2. The number of aryl methyl sites for hydroxylation is 2. The monoisotopic (exact) mass is 398 g/mol. The Morgan fingerprint density at radius 3 is 2.60 bits per heavy atom. The van der Waals surface area contributed by atoms with Crippen LogP contribution in [-0.2, 0) is 0 Å². The number of carboxylic acid groups (broad SMARTS) is 1. The Morgan fingerprint density at radius 2 is 1.87 bits per heavy atom. The normalized spacial score (nSPS) is 12.0. The molecule has 0 saturated carbocycles. The number of pyridine rings is 1. The molecule has 2 aromatic heterocycles. The van der Waals surface area contributed by atoms with Gasteiger partial charge in [-0.25, -0.2) is 4.79 Å². The molecule has 0 aliphatic heterocycles. The van der Waals surface area contributed by atoms with E-state index in [0.717, 1.165) is 38.9 Å². The zero-order valence-electron chi connectivity index (χ0n) is 17.0. The second kappa shape index (κ2) is 7.91. The summed E-state index contributed by atoms with van der Waals surface area (Å²) in [6, 6.07) is 15.1. The number of nitrogens with one attached hydrogen (secondary N) is 1. The fraction of sp³-hybridized carbons (Fsp3) is 0.167. The maximum absolute atomic E-state index is 11.6. The number of anilines is 1. The minimum Gasteiger partial charge on any atom is -0.478 e. The standard InChI is InChI=1S/C24H22N4O2/c1-14-10-20(16(3)27-22-7-5-4-6-18(22)24(29)30)21-12-19(15(2)28-23(21)11-14)17-8-9-25-26-13-17/h4-13,16,27H,1-3H3,(H,29,30)/t16-/m1/s1. The van der Waals surface area contributed by atoms with E-state index >= 15 is 0 Å². The fourth-order valence-corrected chi connectivity index (χ4v) is 3.75. The molecule has 0 aliphatic rings. The number of para-hydroxylation sites is 1. The molecule has 4 aromatic rings. The van der Waals surface area contributed by atoms with E-state index in [1.165, 1.54) is 0 Å². The lowest BCUT2D eigenvalue weighted by atomic mass is 9.95. The molecule has 0 spiro atoms. The Kier molecular flexibility index (Phi) is 5.14. The molecule has 0 radical (unpaired) electrons. The number of fused-ring (bicyclic) bond motifs is 1. The van der Waals surface area contributed by atoms with Crippen molar-refractivity contribution in [1.29, 1.82) is 0 Å². The second-order valence-corrected chi connectivity index (χ2v) is 7.39. The Hall–Kier alpha value is -3.80. The summed E-state index contributed by atoms with van der Waals surface area (Å²) >= 11 is 0. The van der Waals surface area contributed by atoms with Crippen LogP contribution in [0.4, 0.5) is 5.69 Å². The van der Waals surface area contributed by atoms with Crippen molar-refractivity contribution in [2.45, 2.75) is 26.8 Å². The minimum absolute atomic E-state index is 0.124. The van der Waals surface area contributed by atoms with Crippen LogP contribution in [0.1, 0.15) is 40.1 Å². The highest BCUT2D eigenvalue weighted by Crippen LogP contribution is 2.32. The first-order valence-corrected chi connectivity index (χ1v) is 9.72. The summed E-state index contributed by atoms with van der Waals surface area (Å²) in [5.41, 5.74) is 6.78. The van der Waals surface area contributed by atoms with E-state index in [0.29, 0.717) is 5.69 Å². The quantitative estimate of drug-likeness (QED) is 0.482. The van der Waals surface area contributed by atoms with E-state index in [-0.39, 0.29) is 11.6 Å². The van der Waals surface area contributed by atoms with Crippen LogP contribution in [0.2, 0.25) is 0 Å². The lowest BCUT2D eigenvalue weighted by Crippen LogP contribution is -2.11. The molecule has 0 amide bonds. The summed E-state index contributed by atoms with van der Waals surface area (Å²) in [7, 11) is 0. The molecule has 2 N–H and O–H groups in total. The van der Waals surface area contributed by atoms with Crippen molar-refractivity contribution in [2.24, 2.45) is 0 Å². The van der Waals surface area contributed by atoms with Crippen LogP contribution < -0.4 is 5.32 Å². The first-order chi connectivity index (χ1) is 14.4. The molecule has 150 valence electrons. The second-order valence-electron chi connectivity index (χ2n) is 7.39. The third kappa shape index (κ3) is 3.72. The Morgan fingerprint density at radius 1 is 1.07 bits per heavy atom. The van der Waals surface area contributed by atoms with Crippen LogP contribution in [0.3, 0.4) is 0 Å². The average Bonchev–Trinajstić information content (AvgIpc) is 2.73. The van der Waals surface area contributed by atoms with E-state index in [1.807, 2.05) is 32.9 Å². The summed E-state index contributed by atoms with van der Waals surface area (Å²) in [5, 5.41) is 21.7. The number of hydrogen-bond acceptors (Lipinski definition) is 5. The molecular weight excluding hydrogens is 376 g/mol. The maximum Gasteiger partial charge on any atom is 0.337 e. The number of nitrogens with zero attached hydrogens (tertiary/aromatic N) is 3. The molecule has 0 bridgehead atoms. The molecular formula is C24H22N4O2. The van der Waals surface area contributed by atoms with E-state index in [9.17, 15) is 9.90 Å². The van der Waals surface area contributed by atoms with Gasteiger partial charge in [0.25, 0.3) is 0 Å². The maximum atomic E-state index is 11.6. The first kappa shape index (κ1) is 19.5. The SMILES string of the molecule is Cc1cc([C@@H](C)Nc2ccccc2C(=O)O)c2cc(-c3ccnnc3)c(C)nc2c1. The van der Waals surface area contributed by atoms with Crippen LogP contribution in [0.15, 0.2) is 60.9 Å². The largest absolute Gasteiger partial charge is 0.478 e. The van der Waals surface area contributed by atoms with Gasteiger partial charge in [-0.15, -0.1) is 0 Å². The molecule has 2 aromatic carbocycles. The zero-order chi connectivity index (χ0) is 21.3. The van der Waals surface area contributed by atoms with Gasteiger partial charge >= 0.3 is 5.97 Å². The van der Waals surface area contributed by atoms with E-state index in [1.54, 1.807) is 30.6 Å². The van der Waals surface area contributed by atoms with Crippen LogP contribution in [0.25, 0.3) is 22.0 Å². The molecule has 0 unspecified atom stereocenters. The molecule has 30 heavy (non-hydrogen) atoms. The van der Waals surface area contributed by atoms with Crippen molar-refractivity contribution in [1.82, 2.24) is 15.2 Å². The molecule has 6 heteroatoms. The molecule has 6 nitrogen and oxygen atoms in total. The third-order valence-corrected chi connectivity index (χ3v) is 5.19. The van der Waals surface area contributed by atoms with Crippen molar-refractivity contribution in [3.05, 3.63) is 83.3 Å². The van der Waals surface area contributed by atoms with Gasteiger partial charge in [0.05, 0.1) is 23.5 Å². The van der Waals surface area contributed by atoms with Gasteiger partial charge in [-0.05, 0) is 62.2 Å². The van der Waals surface area contributed by atoms with Gasteiger partial charge in [-0.1, -0.05) is 18.2 Å². The van der Waals surface area contributed by atoms with Crippen LogP contribution in [-0.4, -0.2) is 26.3 Å². The van der Waals surface area contributed by atoms with Crippen LogP contribution >= 0.6 is 0 Å². The van der Waals surface area contributed by atoms with Gasteiger partial charge in [0.1, 0.15) is 0 Å². The summed E-state index contributed by atoms with van der Waals surface area (Å²) in [6.07, 6.45) is 3.40. The molecule has 1 atom stereocenters. The molecule has 0 fully saturated rings. The van der Waals surface area contributed by atoms with Crippen molar-refractivity contribution in [3.63, 3.8) is 0 Å². The molecule has 0 aliphatic carbocycles. The molecule has 4 rings (SSSR count). The lowest BCUT2D eigenvalue weighted by molar-refractivity contribution is 0.0698. The smallest absolute Gasteiger partial charge is 0.337 e. The first-order valence-electron chi connectivity index (χ1n) is 9.72. The minimum atomic E-state index is -0.954. The topological polar surface area (TPSA) is 88.0 Å².